The summed E-state index contributed by atoms with van der Waals surface area (Å²) in [6.07, 6.45) is 13.1. The molecule has 0 aliphatic heterocycles. The van der Waals surface area contributed by atoms with Crippen LogP contribution < -0.4 is 42.9 Å². The number of rotatable bonds is 29. The predicted octanol–water partition coefficient (Wildman–Crippen LogP) is 19.8. The van der Waals surface area contributed by atoms with Gasteiger partial charge in [-0.15, -0.1) is 0 Å². The Hall–Kier alpha value is -13.7. The van der Waals surface area contributed by atoms with E-state index in [-0.39, 0.29) is 26.4 Å². The van der Waals surface area contributed by atoms with E-state index in [0.29, 0.717) is 19.6 Å². The van der Waals surface area contributed by atoms with E-state index >= 15 is 0 Å². The molecule has 17 heteroatoms. The van der Waals surface area contributed by atoms with Crippen LogP contribution in [0, 0.1) is 6.92 Å². The molecule has 0 fully saturated rings. The fraction of sp³-hybridized carbons (Fsp3) is 0.143. The van der Waals surface area contributed by atoms with Gasteiger partial charge >= 0.3 is 0 Å². The van der Waals surface area contributed by atoms with Crippen LogP contribution in [0.25, 0.3) is 43.6 Å². The Morgan fingerprint density at radius 1 is 0.278 bits per heavy atom. The lowest BCUT2D eigenvalue weighted by molar-refractivity contribution is -0.697. The van der Waals surface area contributed by atoms with Crippen LogP contribution in [-0.2, 0) is 65.7 Å². The number of nitrogens with zero attached hydrogens (tertiary/aromatic N) is 10. The molecule has 0 aliphatic rings. The van der Waals surface area contributed by atoms with Crippen molar-refractivity contribution in [3.8, 4) is 17.2 Å². The van der Waals surface area contributed by atoms with E-state index < -0.39 is 0 Å². The number of aryl methyl sites for hydroxylation is 5. The van der Waals surface area contributed by atoms with Crippen LogP contribution in [0.5, 0.6) is 17.2 Å². The van der Waals surface area contributed by atoms with Crippen LogP contribution >= 0.6 is 0 Å². The molecule has 4 aromatic heterocycles. The van der Waals surface area contributed by atoms with Crippen LogP contribution in [0.3, 0.4) is 0 Å². The van der Waals surface area contributed by atoms with E-state index in [4.69, 9.17) is 14.2 Å². The summed E-state index contributed by atoms with van der Waals surface area (Å²) in [4.78, 5) is 9.03. The Balaban J connectivity index is 0.627. The molecule has 0 unspecified atom stereocenters. The normalized spacial score (nSPS) is 11.5. The summed E-state index contributed by atoms with van der Waals surface area (Å²) in [6.45, 7) is 6.25. The second kappa shape index (κ2) is 32.9. The minimum atomic E-state index is -0.0468. The second-order valence-corrected chi connectivity index (χ2v) is 29.1. The van der Waals surface area contributed by atoms with E-state index in [1.165, 1.54) is 16.7 Å². The van der Waals surface area contributed by atoms with Gasteiger partial charge in [0.2, 0.25) is 12.7 Å². The summed E-state index contributed by atoms with van der Waals surface area (Å²) >= 11 is 0. The molecule has 4 N–H and O–H groups in total. The highest BCUT2D eigenvalue weighted by molar-refractivity contribution is 6.12. The molecule has 115 heavy (non-hydrogen) atoms. The SMILES string of the molecule is COc1ccc(N(c2ccc(CO)cc2)c2ccc3c(c2)c2cc(N(c4ccc(C)cc4)c4ccc(CO)cc4)ccc2n3CC[n+]2ccn(Cc3ccc(Cn4cc[n+](CCn5c6ccc(N(c7ccc(CO)cc7)c7ccc(OC)cc7)cc6c6cc(N(c7ccc(CO)cc7)c7ccc(OC)cc7)ccc65)c4)cc3)c2)cc1. The van der Waals surface area contributed by atoms with E-state index in [1.807, 2.05) is 84.9 Å². The van der Waals surface area contributed by atoms with Crippen LogP contribution in [-0.4, -0.2) is 60.0 Å². The van der Waals surface area contributed by atoms with Gasteiger partial charge in [-0.3, -0.25) is 0 Å². The molecule has 13 aromatic carbocycles. The summed E-state index contributed by atoms with van der Waals surface area (Å²) in [5.74, 6) is 2.30. The highest BCUT2D eigenvalue weighted by Crippen LogP contribution is 2.46. The first-order valence-corrected chi connectivity index (χ1v) is 38.8. The zero-order valence-electron chi connectivity index (χ0n) is 64.7. The molecule has 0 radical (unpaired) electrons. The predicted molar refractivity (Wildman–Crippen MR) is 460 cm³/mol. The van der Waals surface area contributed by atoms with Gasteiger partial charge in [-0.2, -0.15) is 0 Å². The molecule has 0 amide bonds. The Morgan fingerprint density at radius 3 is 0.748 bits per heavy atom. The second-order valence-electron chi connectivity index (χ2n) is 29.1. The number of fused-ring (bicyclic) bond motifs is 6. The van der Waals surface area contributed by atoms with Crippen molar-refractivity contribution in [3.63, 3.8) is 0 Å². The number of hydrogen-bond donors (Lipinski definition) is 4. The number of aliphatic hydroxyl groups is 4. The first-order valence-electron chi connectivity index (χ1n) is 38.8. The van der Waals surface area contributed by atoms with Gasteiger partial charge < -0.3 is 63.4 Å². The number of aliphatic hydroxyl groups excluding tert-OH is 4. The summed E-state index contributed by atoms with van der Waals surface area (Å²) in [7, 11) is 5.04. The lowest BCUT2D eigenvalue weighted by atomic mass is 10.1. The largest absolute Gasteiger partial charge is 0.497 e. The molecule has 0 aliphatic carbocycles. The smallest absolute Gasteiger partial charge is 0.244 e. The molecule has 0 saturated carbocycles. The Kier molecular flexibility index (Phi) is 21.2. The quantitative estimate of drug-likeness (QED) is 0.0332. The number of ether oxygens (including phenoxy) is 3. The van der Waals surface area contributed by atoms with Crippen molar-refractivity contribution in [2.24, 2.45) is 0 Å². The highest BCUT2D eigenvalue weighted by Gasteiger charge is 2.25. The highest BCUT2D eigenvalue weighted by atomic mass is 16.5. The van der Waals surface area contributed by atoms with Gasteiger partial charge in [0.15, 0.2) is 0 Å². The summed E-state index contributed by atoms with van der Waals surface area (Å²) in [5.41, 5.74) is 23.1. The third-order valence-electron chi connectivity index (χ3n) is 21.9. The molecule has 0 saturated heterocycles. The molecular formula is C98H90N10O7+2. The Labute approximate surface area is 668 Å². The maximum Gasteiger partial charge on any atom is 0.244 e. The molecular weight excluding hydrogens is 1430 g/mol. The van der Waals surface area contributed by atoms with Crippen molar-refractivity contribution < 1.29 is 43.8 Å². The van der Waals surface area contributed by atoms with E-state index in [1.54, 1.807) is 21.3 Å². The number of benzene rings is 13. The van der Waals surface area contributed by atoms with Crippen molar-refractivity contribution in [2.75, 3.05) is 40.9 Å². The zero-order chi connectivity index (χ0) is 78.5. The van der Waals surface area contributed by atoms with Crippen LogP contribution in [0.15, 0.2) is 329 Å². The van der Waals surface area contributed by atoms with Gasteiger partial charge in [-0.25, -0.2) is 18.3 Å². The number of anilines is 12. The standard InChI is InChI=1S/C98H90N10O7/c1-69-5-19-76(20-6-69)105(77-21-11-72(63-109)12-22-77)84-35-45-95-91(57-84)92-58-85(106(78-23-13-73(64-110)14-24-78)81-29-39-88(113-2)40-30-81)36-46-96(92)103(95)55-53-99-49-51-101(67-99)61-70-7-9-71(10-8-70)62-102-52-50-100(68-102)54-56-104-97-47-37-86(107(79-25-15-74(65-111)16-26-79)82-31-41-89(114-3)42-32-82)59-93(97)94-60-87(38-48-98(94)104)108(80-27-17-75(66-112)18-28-80)83-33-43-90(115-4)44-34-83/h5-52,57-60,67-68,109-112H,53-56,61-66H2,1-4H3/q+2. The van der Waals surface area contributed by atoms with Gasteiger partial charge in [0.05, 0.1) is 60.8 Å². The van der Waals surface area contributed by atoms with Gasteiger partial charge in [-0.1, -0.05) is 90.5 Å². The van der Waals surface area contributed by atoms with Crippen molar-refractivity contribution in [3.05, 3.63) is 368 Å². The topological polar surface area (TPSA) is 149 Å². The molecule has 0 spiro atoms. The lowest BCUT2D eigenvalue weighted by Gasteiger charge is -2.26. The first kappa shape index (κ1) is 74.1. The first-order chi connectivity index (χ1) is 56.5. The molecule has 17 aromatic rings. The number of hydrogen-bond acceptors (Lipinski definition) is 11. The van der Waals surface area contributed by atoms with E-state index in [9.17, 15) is 20.4 Å². The average Bonchev–Trinajstić information content (AvgIpc) is 1.60. The number of imidazole rings is 2. The molecule has 17 nitrogen and oxygen atoms in total. The maximum absolute atomic E-state index is 10.1. The van der Waals surface area contributed by atoms with E-state index in [2.05, 4.69) is 298 Å². The van der Waals surface area contributed by atoms with Gasteiger partial charge in [0.25, 0.3) is 0 Å². The monoisotopic (exact) mass is 1520 g/mol. The van der Waals surface area contributed by atoms with Gasteiger partial charge in [0.1, 0.15) is 68.2 Å². The van der Waals surface area contributed by atoms with Crippen LogP contribution in [0.2, 0.25) is 0 Å². The lowest BCUT2D eigenvalue weighted by Crippen LogP contribution is -2.33. The number of aromatic nitrogens is 6. The van der Waals surface area contributed by atoms with Gasteiger partial charge in [-0.05, 0) is 247 Å². The van der Waals surface area contributed by atoms with Crippen molar-refractivity contribution in [2.45, 2.75) is 72.6 Å². The number of methoxy groups -OCH3 is 3. The molecule has 4 heterocycles. The molecule has 0 bridgehead atoms. The van der Waals surface area contributed by atoms with Crippen LogP contribution in [0.4, 0.5) is 68.2 Å². The minimum Gasteiger partial charge on any atom is -0.497 e. The van der Waals surface area contributed by atoms with Crippen molar-refractivity contribution in [1.29, 1.82) is 0 Å². The van der Waals surface area contributed by atoms with Gasteiger partial charge in [0, 0.05) is 112 Å². The van der Waals surface area contributed by atoms with Crippen molar-refractivity contribution >= 4 is 112 Å². The average molecular weight is 1520 g/mol. The zero-order valence-corrected chi connectivity index (χ0v) is 64.7. The maximum atomic E-state index is 10.1. The van der Waals surface area contributed by atoms with Crippen LogP contribution in [0.1, 0.15) is 38.9 Å². The third kappa shape index (κ3) is 15.5. The fourth-order valence-corrected chi connectivity index (χ4v) is 15.8. The van der Waals surface area contributed by atoms with Crippen molar-refractivity contribution in [1.82, 2.24) is 18.3 Å². The summed E-state index contributed by atoms with van der Waals surface area (Å²) in [6, 6.07) is 101. The molecule has 572 valence electrons. The third-order valence-corrected chi connectivity index (χ3v) is 21.9. The Morgan fingerprint density at radius 2 is 0.504 bits per heavy atom. The molecule has 0 atom stereocenters. The fourth-order valence-electron chi connectivity index (χ4n) is 15.8. The summed E-state index contributed by atoms with van der Waals surface area (Å²) in [5, 5.41) is 44.6. The minimum absolute atomic E-state index is 0.0323. The van der Waals surface area contributed by atoms with E-state index in [0.717, 1.165) is 171 Å². The molecule has 17 rings (SSSR count). The Bertz CT molecular complexity index is 5910. The summed E-state index contributed by atoms with van der Waals surface area (Å²) < 4.78 is 30.8.